The molecule has 118 valence electrons. The number of aryl methyl sites for hydroxylation is 1. The summed E-state index contributed by atoms with van der Waals surface area (Å²) < 4.78 is 1.29. The van der Waals surface area contributed by atoms with E-state index in [1.807, 2.05) is 0 Å². The number of thiazole rings is 1. The molecule has 0 aliphatic carbocycles. The number of fused-ring (bicyclic) bond motifs is 2. The summed E-state index contributed by atoms with van der Waals surface area (Å²) in [5.41, 5.74) is 5.29. The van der Waals surface area contributed by atoms with Gasteiger partial charge in [-0.1, -0.05) is 41.7 Å². The topological polar surface area (TPSA) is 28.2 Å². The first kappa shape index (κ1) is 14.5. The van der Waals surface area contributed by atoms with Crippen LogP contribution in [0.5, 0.6) is 0 Å². The van der Waals surface area contributed by atoms with Crippen LogP contribution in [0.4, 0.5) is 10.8 Å². The summed E-state index contributed by atoms with van der Waals surface area (Å²) in [6, 6.07) is 15.2. The minimum absolute atomic E-state index is 0.920. The van der Waals surface area contributed by atoms with Crippen molar-refractivity contribution in [2.24, 2.45) is 0 Å². The Labute approximate surface area is 141 Å². The highest BCUT2D eigenvalue weighted by Gasteiger charge is 2.16. The van der Waals surface area contributed by atoms with Crippen LogP contribution >= 0.6 is 11.3 Å². The van der Waals surface area contributed by atoms with E-state index in [9.17, 15) is 0 Å². The lowest BCUT2D eigenvalue weighted by Gasteiger charge is -2.27. The van der Waals surface area contributed by atoms with Crippen LogP contribution in [-0.4, -0.2) is 25.1 Å². The fourth-order valence-electron chi connectivity index (χ4n) is 3.22. The Balaban J connectivity index is 1.50. The van der Waals surface area contributed by atoms with Gasteiger partial charge in [-0.2, -0.15) is 0 Å². The SMILES string of the molecule is CN1CCCc2cc3sc(NCCc4ccccc4)nc3cc21. The molecule has 1 aromatic heterocycles. The molecule has 0 bridgehead atoms. The molecule has 1 N–H and O–H groups in total. The quantitative estimate of drug-likeness (QED) is 0.774. The Morgan fingerprint density at radius 2 is 2.09 bits per heavy atom. The number of rotatable bonds is 4. The third-order valence-electron chi connectivity index (χ3n) is 4.47. The van der Waals surface area contributed by atoms with Gasteiger partial charge in [0, 0.05) is 25.8 Å². The molecular formula is C19H21N3S. The molecule has 0 radical (unpaired) electrons. The molecule has 0 saturated heterocycles. The number of aromatic nitrogens is 1. The zero-order valence-corrected chi connectivity index (χ0v) is 14.2. The maximum Gasteiger partial charge on any atom is 0.183 e. The predicted molar refractivity (Wildman–Crippen MR) is 99.8 cm³/mol. The van der Waals surface area contributed by atoms with Gasteiger partial charge in [-0.25, -0.2) is 4.98 Å². The molecule has 0 saturated carbocycles. The van der Waals surface area contributed by atoms with Gasteiger partial charge < -0.3 is 10.2 Å². The Morgan fingerprint density at radius 3 is 2.96 bits per heavy atom. The van der Waals surface area contributed by atoms with Gasteiger partial charge in [0.15, 0.2) is 5.13 Å². The third kappa shape index (κ3) is 3.04. The van der Waals surface area contributed by atoms with E-state index in [-0.39, 0.29) is 0 Å². The van der Waals surface area contributed by atoms with E-state index in [4.69, 9.17) is 4.98 Å². The normalized spacial score (nSPS) is 14.0. The van der Waals surface area contributed by atoms with Crippen molar-refractivity contribution in [3.05, 3.63) is 53.6 Å². The largest absolute Gasteiger partial charge is 0.374 e. The van der Waals surface area contributed by atoms with Crippen molar-refractivity contribution in [2.75, 3.05) is 30.4 Å². The van der Waals surface area contributed by atoms with Crippen molar-refractivity contribution in [3.8, 4) is 0 Å². The first-order valence-electron chi connectivity index (χ1n) is 8.22. The van der Waals surface area contributed by atoms with E-state index >= 15 is 0 Å². The Hall–Kier alpha value is -2.07. The minimum atomic E-state index is 0.920. The third-order valence-corrected chi connectivity index (χ3v) is 5.45. The molecule has 0 atom stereocenters. The first-order chi connectivity index (χ1) is 11.3. The second-order valence-electron chi connectivity index (χ2n) is 6.16. The standard InChI is InChI=1S/C19H21N3S/c1-22-11-5-8-15-12-18-16(13-17(15)22)21-19(23-18)20-10-9-14-6-3-2-4-7-14/h2-4,6-7,12-13H,5,8-11H2,1H3,(H,20,21). The maximum absolute atomic E-state index is 4.77. The highest BCUT2D eigenvalue weighted by atomic mass is 32.1. The Morgan fingerprint density at radius 1 is 1.22 bits per heavy atom. The summed E-state index contributed by atoms with van der Waals surface area (Å²) in [5, 5.41) is 4.51. The van der Waals surface area contributed by atoms with Crippen molar-refractivity contribution in [1.29, 1.82) is 0 Å². The van der Waals surface area contributed by atoms with Gasteiger partial charge >= 0.3 is 0 Å². The van der Waals surface area contributed by atoms with E-state index in [0.717, 1.165) is 30.2 Å². The van der Waals surface area contributed by atoms with Crippen molar-refractivity contribution >= 4 is 32.4 Å². The number of benzene rings is 2. The molecule has 4 heteroatoms. The van der Waals surface area contributed by atoms with Crippen LogP contribution in [0.1, 0.15) is 17.5 Å². The second-order valence-corrected chi connectivity index (χ2v) is 7.19. The van der Waals surface area contributed by atoms with Gasteiger partial charge in [0.1, 0.15) is 0 Å². The summed E-state index contributed by atoms with van der Waals surface area (Å²) >= 11 is 1.77. The van der Waals surface area contributed by atoms with Crippen LogP contribution < -0.4 is 10.2 Å². The minimum Gasteiger partial charge on any atom is -0.374 e. The average molecular weight is 323 g/mol. The van der Waals surface area contributed by atoms with Gasteiger partial charge in [-0.3, -0.25) is 0 Å². The summed E-state index contributed by atoms with van der Waals surface area (Å²) in [7, 11) is 2.18. The smallest absolute Gasteiger partial charge is 0.183 e. The van der Waals surface area contributed by atoms with Crippen molar-refractivity contribution in [2.45, 2.75) is 19.3 Å². The van der Waals surface area contributed by atoms with Gasteiger partial charge in [-0.05, 0) is 42.5 Å². The van der Waals surface area contributed by atoms with E-state index in [1.165, 1.54) is 34.4 Å². The molecule has 1 aliphatic rings. The van der Waals surface area contributed by atoms with Crippen LogP contribution in [0.15, 0.2) is 42.5 Å². The lowest BCUT2D eigenvalue weighted by molar-refractivity contribution is 0.746. The van der Waals surface area contributed by atoms with Crippen molar-refractivity contribution < 1.29 is 0 Å². The van der Waals surface area contributed by atoms with Gasteiger partial charge in [-0.15, -0.1) is 0 Å². The monoisotopic (exact) mass is 323 g/mol. The molecule has 3 nitrogen and oxygen atoms in total. The second kappa shape index (κ2) is 6.20. The molecule has 1 aliphatic heterocycles. The zero-order chi connectivity index (χ0) is 15.6. The molecule has 2 heterocycles. The maximum atomic E-state index is 4.77. The Kier molecular flexibility index (Phi) is 3.92. The lowest BCUT2D eigenvalue weighted by Crippen LogP contribution is -2.24. The van der Waals surface area contributed by atoms with Gasteiger partial charge in [0.25, 0.3) is 0 Å². The number of nitrogens with one attached hydrogen (secondary N) is 1. The number of anilines is 2. The molecule has 0 fully saturated rings. The molecule has 0 spiro atoms. The molecule has 0 unspecified atom stereocenters. The van der Waals surface area contributed by atoms with Gasteiger partial charge in [0.2, 0.25) is 0 Å². The summed E-state index contributed by atoms with van der Waals surface area (Å²) in [5.74, 6) is 0. The van der Waals surface area contributed by atoms with Crippen LogP contribution in [0.2, 0.25) is 0 Å². The summed E-state index contributed by atoms with van der Waals surface area (Å²) in [6.07, 6.45) is 3.45. The fraction of sp³-hybridized carbons (Fsp3) is 0.316. The lowest BCUT2D eigenvalue weighted by atomic mass is 10.0. The van der Waals surface area contributed by atoms with Crippen molar-refractivity contribution in [3.63, 3.8) is 0 Å². The Bertz CT molecular complexity index is 810. The van der Waals surface area contributed by atoms with Crippen molar-refractivity contribution in [1.82, 2.24) is 4.98 Å². The van der Waals surface area contributed by atoms with Crippen LogP contribution in [-0.2, 0) is 12.8 Å². The first-order valence-corrected chi connectivity index (χ1v) is 9.04. The predicted octanol–water partition coefficient (Wildman–Crippen LogP) is 4.33. The van der Waals surface area contributed by atoms with E-state index < -0.39 is 0 Å². The van der Waals surface area contributed by atoms with Gasteiger partial charge in [0.05, 0.1) is 10.2 Å². The molecule has 2 aromatic carbocycles. The molecule has 3 aromatic rings. The molecule has 23 heavy (non-hydrogen) atoms. The summed E-state index contributed by atoms with van der Waals surface area (Å²) in [6.45, 7) is 2.06. The highest BCUT2D eigenvalue weighted by molar-refractivity contribution is 7.22. The van der Waals surface area contributed by atoms with Crippen LogP contribution in [0, 0.1) is 0 Å². The number of hydrogen-bond donors (Lipinski definition) is 1. The molecule has 0 amide bonds. The number of hydrogen-bond acceptors (Lipinski definition) is 4. The fourth-order valence-corrected chi connectivity index (χ4v) is 4.16. The van der Waals surface area contributed by atoms with E-state index in [0.29, 0.717) is 0 Å². The molecular weight excluding hydrogens is 302 g/mol. The highest BCUT2D eigenvalue weighted by Crippen LogP contribution is 2.34. The number of nitrogens with zero attached hydrogens (tertiary/aromatic N) is 2. The van der Waals surface area contributed by atoms with Crippen LogP contribution in [0.3, 0.4) is 0 Å². The van der Waals surface area contributed by atoms with E-state index in [2.05, 4.69) is 59.7 Å². The average Bonchev–Trinajstić information content (AvgIpc) is 2.96. The van der Waals surface area contributed by atoms with Crippen LogP contribution in [0.25, 0.3) is 10.2 Å². The molecule has 4 rings (SSSR count). The zero-order valence-electron chi connectivity index (χ0n) is 13.4. The summed E-state index contributed by atoms with van der Waals surface area (Å²) in [4.78, 5) is 7.11. The van der Waals surface area contributed by atoms with E-state index in [1.54, 1.807) is 11.3 Å².